The van der Waals surface area contributed by atoms with E-state index in [0.29, 0.717) is 18.4 Å². The lowest BCUT2D eigenvalue weighted by Crippen LogP contribution is -2.42. The number of fused-ring (bicyclic) bond motifs is 1. The van der Waals surface area contributed by atoms with Crippen molar-refractivity contribution >= 4 is 16.7 Å². The van der Waals surface area contributed by atoms with E-state index in [1.807, 2.05) is 18.2 Å². The predicted octanol–water partition coefficient (Wildman–Crippen LogP) is 2.24. The fourth-order valence-electron chi connectivity index (χ4n) is 2.81. The van der Waals surface area contributed by atoms with Gasteiger partial charge >= 0.3 is 0 Å². The number of hydrogen-bond acceptors (Lipinski definition) is 2. The molecule has 1 saturated carbocycles. The van der Waals surface area contributed by atoms with E-state index in [0.717, 1.165) is 24.9 Å². The Labute approximate surface area is 119 Å². The van der Waals surface area contributed by atoms with Gasteiger partial charge in [0.2, 0.25) is 5.91 Å². The molecule has 0 heterocycles. The second kappa shape index (κ2) is 5.63. The third-order valence-electron chi connectivity index (χ3n) is 4.04. The Morgan fingerprint density at radius 2 is 1.90 bits per heavy atom. The zero-order chi connectivity index (χ0) is 13.9. The van der Waals surface area contributed by atoms with Crippen molar-refractivity contribution in [1.29, 1.82) is 0 Å². The predicted molar refractivity (Wildman–Crippen MR) is 81.4 cm³/mol. The number of nitrogens with one attached hydrogen (secondary N) is 1. The quantitative estimate of drug-likeness (QED) is 0.893. The first-order valence-electron chi connectivity index (χ1n) is 7.20. The van der Waals surface area contributed by atoms with Crippen molar-refractivity contribution in [2.45, 2.75) is 25.3 Å². The molecule has 2 aromatic carbocycles. The highest BCUT2D eigenvalue weighted by Gasteiger charge is 2.25. The lowest BCUT2D eigenvalue weighted by molar-refractivity contribution is -0.120. The molecule has 0 radical (unpaired) electrons. The van der Waals surface area contributed by atoms with Gasteiger partial charge in [-0.25, -0.2) is 0 Å². The summed E-state index contributed by atoms with van der Waals surface area (Å²) in [5, 5.41) is 5.40. The standard InChI is InChI=1S/C17H20N2O/c18-16-8-13(9-16)11-19-17(20)10-12-5-6-14-3-1-2-4-15(14)7-12/h1-7,13,16H,8-11,18H2,(H,19,20). The molecule has 2 aromatic rings. The Morgan fingerprint density at radius 1 is 1.15 bits per heavy atom. The summed E-state index contributed by atoms with van der Waals surface area (Å²) in [5.74, 6) is 0.673. The molecule has 20 heavy (non-hydrogen) atoms. The van der Waals surface area contributed by atoms with E-state index in [1.165, 1.54) is 10.8 Å². The number of carbonyl (C=O) groups is 1. The summed E-state index contributed by atoms with van der Waals surface area (Å²) >= 11 is 0. The van der Waals surface area contributed by atoms with Crippen molar-refractivity contribution in [3.8, 4) is 0 Å². The maximum atomic E-state index is 11.9. The number of hydrogen-bond donors (Lipinski definition) is 2. The van der Waals surface area contributed by atoms with Crippen LogP contribution in [0.4, 0.5) is 0 Å². The highest BCUT2D eigenvalue weighted by molar-refractivity contribution is 5.85. The molecule has 0 saturated heterocycles. The van der Waals surface area contributed by atoms with Crippen molar-refractivity contribution in [1.82, 2.24) is 5.32 Å². The van der Waals surface area contributed by atoms with Crippen LogP contribution in [0.3, 0.4) is 0 Å². The molecule has 0 spiro atoms. The first-order valence-corrected chi connectivity index (χ1v) is 7.20. The highest BCUT2D eigenvalue weighted by Crippen LogP contribution is 2.24. The van der Waals surface area contributed by atoms with Gasteiger partial charge < -0.3 is 11.1 Å². The van der Waals surface area contributed by atoms with E-state index in [2.05, 4.69) is 29.6 Å². The molecule has 104 valence electrons. The Bertz CT molecular complexity index is 617. The summed E-state index contributed by atoms with van der Waals surface area (Å²) in [6, 6.07) is 14.7. The van der Waals surface area contributed by atoms with Crippen LogP contribution in [0.15, 0.2) is 42.5 Å². The van der Waals surface area contributed by atoms with Gasteiger partial charge in [-0.1, -0.05) is 42.5 Å². The van der Waals surface area contributed by atoms with Crippen LogP contribution in [-0.2, 0) is 11.2 Å². The van der Waals surface area contributed by atoms with Crippen LogP contribution in [0.5, 0.6) is 0 Å². The van der Waals surface area contributed by atoms with Crippen molar-refractivity contribution in [3.05, 3.63) is 48.0 Å². The highest BCUT2D eigenvalue weighted by atomic mass is 16.1. The van der Waals surface area contributed by atoms with Gasteiger partial charge in [-0.05, 0) is 35.1 Å². The van der Waals surface area contributed by atoms with E-state index in [4.69, 9.17) is 5.73 Å². The molecule has 0 bridgehead atoms. The summed E-state index contributed by atoms with van der Waals surface area (Å²) in [4.78, 5) is 11.9. The minimum absolute atomic E-state index is 0.0979. The van der Waals surface area contributed by atoms with Crippen LogP contribution in [0, 0.1) is 5.92 Å². The Kier molecular flexibility index (Phi) is 3.70. The monoisotopic (exact) mass is 268 g/mol. The van der Waals surface area contributed by atoms with Gasteiger partial charge in [-0.15, -0.1) is 0 Å². The maximum absolute atomic E-state index is 11.9. The number of rotatable bonds is 4. The first-order chi connectivity index (χ1) is 9.70. The van der Waals surface area contributed by atoms with E-state index in [-0.39, 0.29) is 5.91 Å². The molecule has 3 nitrogen and oxygen atoms in total. The fourth-order valence-corrected chi connectivity index (χ4v) is 2.81. The number of carbonyl (C=O) groups excluding carboxylic acids is 1. The molecule has 1 amide bonds. The normalized spacial score (nSPS) is 21.4. The van der Waals surface area contributed by atoms with Crippen LogP contribution in [0.2, 0.25) is 0 Å². The number of benzene rings is 2. The SMILES string of the molecule is NC1CC(CNC(=O)Cc2ccc3ccccc3c2)C1. The zero-order valence-corrected chi connectivity index (χ0v) is 11.5. The number of nitrogens with two attached hydrogens (primary N) is 1. The second-order valence-electron chi connectivity index (χ2n) is 5.76. The first kappa shape index (κ1) is 13.1. The molecular formula is C17H20N2O. The van der Waals surface area contributed by atoms with E-state index in [1.54, 1.807) is 0 Å². The molecule has 1 aliphatic carbocycles. The number of amides is 1. The van der Waals surface area contributed by atoms with E-state index >= 15 is 0 Å². The second-order valence-corrected chi connectivity index (χ2v) is 5.76. The smallest absolute Gasteiger partial charge is 0.224 e. The summed E-state index contributed by atoms with van der Waals surface area (Å²) in [6.07, 6.45) is 2.52. The van der Waals surface area contributed by atoms with E-state index < -0.39 is 0 Å². The average molecular weight is 268 g/mol. The molecule has 0 aliphatic heterocycles. The Hall–Kier alpha value is -1.87. The van der Waals surface area contributed by atoms with Crippen LogP contribution in [-0.4, -0.2) is 18.5 Å². The van der Waals surface area contributed by atoms with Crippen molar-refractivity contribution in [2.24, 2.45) is 11.7 Å². The molecule has 1 fully saturated rings. The lowest BCUT2D eigenvalue weighted by Gasteiger charge is -2.32. The minimum Gasteiger partial charge on any atom is -0.356 e. The van der Waals surface area contributed by atoms with Crippen LogP contribution in [0.1, 0.15) is 18.4 Å². The fraction of sp³-hybridized carbons (Fsp3) is 0.353. The van der Waals surface area contributed by atoms with Gasteiger partial charge in [-0.2, -0.15) is 0 Å². The van der Waals surface area contributed by atoms with Crippen molar-refractivity contribution in [2.75, 3.05) is 6.54 Å². The van der Waals surface area contributed by atoms with Gasteiger partial charge in [-0.3, -0.25) is 4.79 Å². The minimum atomic E-state index is 0.0979. The molecule has 0 aromatic heterocycles. The van der Waals surface area contributed by atoms with Gasteiger partial charge in [0.25, 0.3) is 0 Å². The Morgan fingerprint density at radius 3 is 2.65 bits per heavy atom. The van der Waals surface area contributed by atoms with Crippen molar-refractivity contribution < 1.29 is 4.79 Å². The van der Waals surface area contributed by atoms with Gasteiger partial charge in [0.05, 0.1) is 6.42 Å². The molecule has 0 unspecified atom stereocenters. The molecule has 0 atom stereocenters. The van der Waals surface area contributed by atoms with Crippen LogP contribution >= 0.6 is 0 Å². The van der Waals surface area contributed by atoms with Gasteiger partial charge in [0.1, 0.15) is 0 Å². The Balaban J connectivity index is 1.56. The zero-order valence-electron chi connectivity index (χ0n) is 11.5. The summed E-state index contributed by atoms with van der Waals surface area (Å²) in [7, 11) is 0. The third kappa shape index (κ3) is 2.99. The van der Waals surface area contributed by atoms with Crippen molar-refractivity contribution in [3.63, 3.8) is 0 Å². The summed E-state index contributed by atoms with van der Waals surface area (Å²) in [6.45, 7) is 0.764. The average Bonchev–Trinajstić information content (AvgIpc) is 2.42. The maximum Gasteiger partial charge on any atom is 0.224 e. The molecule has 3 rings (SSSR count). The van der Waals surface area contributed by atoms with Crippen LogP contribution in [0.25, 0.3) is 10.8 Å². The van der Waals surface area contributed by atoms with Gasteiger partial charge in [0.15, 0.2) is 0 Å². The molecule has 3 N–H and O–H groups in total. The largest absolute Gasteiger partial charge is 0.356 e. The molecular weight excluding hydrogens is 248 g/mol. The topological polar surface area (TPSA) is 55.1 Å². The lowest BCUT2D eigenvalue weighted by atomic mass is 9.81. The summed E-state index contributed by atoms with van der Waals surface area (Å²) < 4.78 is 0. The van der Waals surface area contributed by atoms with Crippen LogP contribution < -0.4 is 11.1 Å². The van der Waals surface area contributed by atoms with Gasteiger partial charge in [0, 0.05) is 12.6 Å². The molecule has 3 heteroatoms. The van der Waals surface area contributed by atoms with E-state index in [9.17, 15) is 4.79 Å². The third-order valence-corrected chi connectivity index (χ3v) is 4.04. The molecule has 1 aliphatic rings. The summed E-state index contributed by atoms with van der Waals surface area (Å²) in [5.41, 5.74) is 6.80.